The van der Waals surface area contributed by atoms with E-state index in [0.29, 0.717) is 68.9 Å². The average molecular weight is 1720 g/mol. The molecule has 720 valence electrons. The molecule has 0 atom stereocenters. The summed E-state index contributed by atoms with van der Waals surface area (Å²) in [5, 5.41) is 13.7. The van der Waals surface area contributed by atoms with Gasteiger partial charge >= 0.3 is 24.1 Å². The molecule has 10 heteroatoms. The van der Waals surface area contributed by atoms with E-state index < -0.39 is 5.97 Å². The van der Waals surface area contributed by atoms with Crippen LogP contribution in [-0.2, 0) is 50.0 Å². The summed E-state index contributed by atoms with van der Waals surface area (Å²) in [5.74, 6) is 12.0. The zero-order valence-corrected chi connectivity index (χ0v) is 89.0. The average Bonchev–Trinajstić information content (AvgIpc) is 0.962. The molecular formula is C112H214N2O8. The Balaban J connectivity index is -0.000000142. The molecule has 4 aromatic rings. The van der Waals surface area contributed by atoms with Gasteiger partial charge in [-0.3, -0.25) is 9.59 Å². The molecule has 10 nitrogen and oxygen atoms in total. The van der Waals surface area contributed by atoms with Gasteiger partial charge < -0.3 is 30.0 Å². The Labute approximate surface area is 764 Å². The van der Waals surface area contributed by atoms with Crippen molar-refractivity contribution in [3.63, 3.8) is 0 Å². The van der Waals surface area contributed by atoms with Crippen molar-refractivity contribution in [3.05, 3.63) is 144 Å². The van der Waals surface area contributed by atoms with Crippen LogP contribution in [0.3, 0.4) is 0 Å². The molecular weight excluding hydrogens is 1500 g/mol. The minimum Gasteiger partial charge on any atom is -0.481 e. The number of carboxylic acids is 1. The molecule has 0 aliphatic heterocycles. The third kappa shape index (κ3) is 149. The summed E-state index contributed by atoms with van der Waals surface area (Å²) in [7, 11) is 0. The first-order valence-corrected chi connectivity index (χ1v) is 49.1. The Morgan fingerprint density at radius 1 is 0.311 bits per heavy atom. The number of alkyl carbamates (subject to hydrolysis) is 2. The number of ether oxygens (including phenoxy) is 3. The molecule has 0 aromatic heterocycles. The van der Waals surface area contributed by atoms with Crippen molar-refractivity contribution in [2.75, 3.05) is 13.1 Å². The van der Waals surface area contributed by atoms with Gasteiger partial charge in [0, 0.05) is 25.9 Å². The molecule has 0 aliphatic rings. The zero-order chi connectivity index (χ0) is 96.4. The van der Waals surface area contributed by atoms with Crippen LogP contribution in [0, 0.1) is 100 Å². The smallest absolute Gasteiger partial charge is 0.407 e. The van der Waals surface area contributed by atoms with Crippen LogP contribution < -0.4 is 10.6 Å². The fraction of sp³-hybridized carbons (Fsp3) is 0.750. The van der Waals surface area contributed by atoms with Gasteiger partial charge in [0.25, 0.3) is 0 Å². The van der Waals surface area contributed by atoms with Crippen LogP contribution in [0.25, 0.3) is 0 Å². The number of carbonyl (C=O) groups is 4. The van der Waals surface area contributed by atoms with Gasteiger partial charge in [-0.05, 0) is 167 Å². The molecule has 0 radical (unpaired) electrons. The maximum Gasteiger partial charge on any atom is 0.407 e. The maximum absolute atomic E-state index is 11.4. The van der Waals surface area contributed by atoms with Crippen molar-refractivity contribution < 1.29 is 38.5 Å². The number of carboxylic acid groups (broad SMARTS) is 1. The Kier molecular flexibility index (Phi) is 111. The lowest BCUT2D eigenvalue weighted by Gasteiger charge is -2.22. The summed E-state index contributed by atoms with van der Waals surface area (Å²) in [4.78, 5) is 43.9. The van der Waals surface area contributed by atoms with Gasteiger partial charge in [0.05, 0.1) is 0 Å². The molecule has 4 rings (SSSR count). The Bertz CT molecular complexity index is 2620. The largest absolute Gasteiger partial charge is 0.481 e. The molecule has 0 fully saturated rings. The monoisotopic (exact) mass is 1720 g/mol. The summed E-state index contributed by atoms with van der Waals surface area (Å²) in [6.07, 6.45) is 23.5. The third-order valence-corrected chi connectivity index (χ3v) is 18.3. The molecule has 0 heterocycles. The van der Waals surface area contributed by atoms with E-state index in [1.807, 2.05) is 105 Å². The van der Waals surface area contributed by atoms with Crippen molar-refractivity contribution in [2.45, 2.75) is 439 Å². The minimum absolute atomic E-state index is 0.104. The van der Waals surface area contributed by atoms with E-state index in [1.54, 1.807) is 0 Å². The normalized spacial score (nSPS) is 10.4. The van der Waals surface area contributed by atoms with Gasteiger partial charge in [-0.1, -0.05) is 482 Å². The van der Waals surface area contributed by atoms with Gasteiger partial charge in [0.15, 0.2) is 0 Å². The second kappa shape index (κ2) is 99.1. The quantitative estimate of drug-likeness (QED) is 0.0232. The van der Waals surface area contributed by atoms with E-state index in [4.69, 9.17) is 19.3 Å². The number of nitrogens with one attached hydrogen (secondary N) is 2. The first-order chi connectivity index (χ1) is 56.8. The number of hydrogen-bond acceptors (Lipinski definition) is 7. The minimum atomic E-state index is -0.696. The molecule has 2 amide bonds. The summed E-state index contributed by atoms with van der Waals surface area (Å²) < 4.78 is 15.3. The second-order valence-electron chi connectivity index (χ2n) is 40.5. The summed E-state index contributed by atoms with van der Waals surface area (Å²) in [5.41, 5.74) is 4.99. The van der Waals surface area contributed by atoms with E-state index >= 15 is 0 Å². The topological polar surface area (TPSA) is 140 Å². The summed E-state index contributed by atoms with van der Waals surface area (Å²) in [6, 6.07) is 39.7. The molecule has 0 spiro atoms. The van der Waals surface area contributed by atoms with Crippen molar-refractivity contribution in [1.82, 2.24) is 10.6 Å². The number of amides is 2. The zero-order valence-electron chi connectivity index (χ0n) is 89.0. The van der Waals surface area contributed by atoms with Gasteiger partial charge in [-0.15, -0.1) is 0 Å². The van der Waals surface area contributed by atoms with Crippen molar-refractivity contribution in [2.24, 2.45) is 100 Å². The van der Waals surface area contributed by atoms with Crippen molar-refractivity contribution in [1.29, 1.82) is 0 Å². The molecule has 0 bridgehead atoms. The van der Waals surface area contributed by atoms with Crippen LogP contribution in [0.5, 0.6) is 0 Å². The maximum atomic E-state index is 11.4. The molecule has 0 saturated heterocycles. The standard InChI is InChI=1S/C15H23NO2.C14H21NO2.C13H18O2.C10H14.3C7H16.C6H12O2.4C6H14.C5H12.C4H10/c1-13(2)8-6-7-11-16-15(17)18-12-14-9-4-3-5-10-14;1-12(2)7-6-10-15-14(16)17-11-13-8-4-3-5-9-13;1-11(2)8-9-13(14)15-10-12-6-4-3-5-7-12;1-9(2)8-10-6-4-3-5-7-10;1-6(2)7(3,4)5;1-6(2)5-7(3)4;1-4-5-6-7(2)3;1-5(2)3-4-6(7)8;1-5(2)6(3)4;3*1-4-5-6(2)3;1-4-5(2)3;1-4(2)3/h3-5,9-10,13H,6-8,11-12H2,1-2H3,(H,16,17);3-5,8-9,12H,6-7,10-11H2,1-2H3,(H,15,16);3-7,11H,8-10H2,1-2H3;3-7,9H,8H2,1-2H3;6H,1-5H3;6-7H,5H2,1-4H3;7H,4-6H2,1-3H3;5H,3-4H2,1-2H3,(H,7,8);5-6H,1-4H3;3*6H,4-5H2,1-3H3;5H,4H2,1-3H3;4H,1-3H3. The lowest BCUT2D eigenvalue weighted by Crippen LogP contribution is -2.25. The molecule has 122 heavy (non-hydrogen) atoms. The Morgan fingerprint density at radius 2 is 0.574 bits per heavy atom. The van der Waals surface area contributed by atoms with Crippen LogP contribution in [0.15, 0.2) is 121 Å². The number of hydrogen-bond donors (Lipinski definition) is 3. The second-order valence-corrected chi connectivity index (χ2v) is 40.5. The van der Waals surface area contributed by atoms with Gasteiger partial charge in [-0.2, -0.15) is 0 Å². The lowest BCUT2D eigenvalue weighted by molar-refractivity contribution is -0.145. The van der Waals surface area contributed by atoms with E-state index in [9.17, 15) is 19.2 Å². The van der Waals surface area contributed by atoms with Crippen LogP contribution in [0.4, 0.5) is 9.59 Å². The number of unbranched alkanes of at least 4 members (excludes halogenated alkanes) is 2. The summed E-state index contributed by atoms with van der Waals surface area (Å²) in [6.45, 7) is 93.3. The molecule has 0 unspecified atom stereocenters. The SMILES string of the molecule is CC(C)C.CC(C)C(C)(C)C.CC(C)C(C)C.CC(C)CC(C)C.CC(C)CCC(=O)O.CC(C)CCC(=O)OCc1ccccc1.CC(C)CCCCNC(=O)OCc1ccccc1.CC(C)CCCNC(=O)OCc1ccccc1.CC(C)Cc1ccccc1.CCC(C)C.CCCC(C)C.CCCC(C)C.CCCC(C)C.CCCCC(C)C. The predicted octanol–water partition coefficient (Wildman–Crippen LogP) is 36.2. The molecule has 4 aromatic carbocycles. The number of esters is 1. The van der Waals surface area contributed by atoms with Crippen molar-refractivity contribution in [3.8, 4) is 0 Å². The highest BCUT2D eigenvalue weighted by Gasteiger charge is 2.14. The summed E-state index contributed by atoms with van der Waals surface area (Å²) >= 11 is 0. The first-order valence-electron chi connectivity index (χ1n) is 49.1. The van der Waals surface area contributed by atoms with Crippen LogP contribution in [0.2, 0.25) is 0 Å². The van der Waals surface area contributed by atoms with E-state index in [2.05, 4.69) is 311 Å². The van der Waals surface area contributed by atoms with E-state index in [0.717, 1.165) is 132 Å². The van der Waals surface area contributed by atoms with Gasteiger partial charge in [-0.25, -0.2) is 9.59 Å². The highest BCUT2D eigenvalue weighted by molar-refractivity contribution is 5.69. The van der Waals surface area contributed by atoms with Crippen molar-refractivity contribution >= 4 is 24.1 Å². The van der Waals surface area contributed by atoms with Crippen LogP contribution >= 0.6 is 0 Å². The Hall–Kier alpha value is -5.64. The fourth-order valence-corrected chi connectivity index (χ4v) is 9.12. The number of aliphatic carboxylic acids is 1. The number of carbonyl (C=O) groups excluding carboxylic acids is 3. The molecule has 3 N–H and O–H groups in total. The highest BCUT2D eigenvalue weighted by Crippen LogP contribution is 2.24. The van der Waals surface area contributed by atoms with Crippen LogP contribution in [0.1, 0.15) is 435 Å². The highest BCUT2D eigenvalue weighted by atomic mass is 16.6. The van der Waals surface area contributed by atoms with E-state index in [-0.39, 0.29) is 18.2 Å². The predicted molar refractivity (Wildman–Crippen MR) is 547 cm³/mol. The molecule has 0 aliphatic carbocycles. The number of rotatable bonds is 36. The van der Waals surface area contributed by atoms with Gasteiger partial charge in [0.1, 0.15) is 19.8 Å². The van der Waals surface area contributed by atoms with Crippen LogP contribution in [-0.4, -0.2) is 42.3 Å². The molecule has 0 saturated carbocycles. The number of benzene rings is 4. The fourth-order valence-electron chi connectivity index (χ4n) is 9.12. The van der Waals surface area contributed by atoms with Gasteiger partial charge in [0.2, 0.25) is 0 Å². The lowest BCUT2D eigenvalue weighted by atomic mass is 9.84. The van der Waals surface area contributed by atoms with E-state index in [1.165, 1.54) is 89.0 Å². The third-order valence-electron chi connectivity index (χ3n) is 18.3. The Morgan fingerprint density at radius 3 is 0.779 bits per heavy atom. The first kappa shape index (κ1) is 137.